The average molecular weight is 469 g/mol. The van der Waals surface area contributed by atoms with Gasteiger partial charge in [-0.25, -0.2) is 4.90 Å². The number of hydrogen-bond acceptors (Lipinski definition) is 7. The largest absolute Gasteiger partial charge is 0.461 e. The molecule has 0 radical (unpaired) electrons. The summed E-state index contributed by atoms with van der Waals surface area (Å²) in [6, 6.07) is 13.2. The highest BCUT2D eigenvalue weighted by Gasteiger charge is 2.64. The number of anilines is 2. The maximum Gasteiger partial charge on any atom is 0.271 e. The van der Waals surface area contributed by atoms with Gasteiger partial charge < -0.3 is 9.32 Å². The van der Waals surface area contributed by atoms with Gasteiger partial charge in [0, 0.05) is 17.8 Å². The van der Waals surface area contributed by atoms with E-state index in [1.54, 1.807) is 19.1 Å². The number of carbonyl (C=O) groups excluding carboxylic acids is 3. The zero-order chi connectivity index (χ0) is 24.4. The number of rotatable bonds is 4. The third-order valence-electron chi connectivity index (χ3n) is 7.09. The van der Waals surface area contributed by atoms with E-state index in [9.17, 15) is 24.5 Å². The molecule has 1 aromatic heterocycles. The number of nitro benzene ring substituents is 1. The average Bonchev–Trinajstić information content (AvgIpc) is 3.56. The van der Waals surface area contributed by atoms with Gasteiger partial charge in [-0.15, -0.1) is 0 Å². The number of nitrogens with zero attached hydrogens (tertiary/aromatic N) is 3. The molecule has 2 saturated heterocycles. The molecule has 3 aliphatic heterocycles. The maximum atomic E-state index is 13.9. The van der Waals surface area contributed by atoms with Gasteiger partial charge in [0.15, 0.2) is 5.76 Å². The number of aryl methyl sites for hydroxylation is 1. The van der Waals surface area contributed by atoms with Gasteiger partial charge in [-0.3, -0.25) is 24.5 Å². The third-order valence-corrected chi connectivity index (χ3v) is 7.09. The summed E-state index contributed by atoms with van der Waals surface area (Å²) in [5.74, 6) is -3.11. The zero-order valence-electron chi connectivity index (χ0n) is 18.5. The molecule has 9 heteroatoms. The second kappa shape index (κ2) is 7.49. The number of amides is 2. The van der Waals surface area contributed by atoms with Gasteiger partial charge in [-0.2, -0.15) is 0 Å². The van der Waals surface area contributed by atoms with Gasteiger partial charge in [0.1, 0.15) is 6.04 Å². The molecular weight excluding hydrogens is 450 g/mol. The number of benzene rings is 2. The monoisotopic (exact) mass is 469 g/mol. The molecule has 0 N–H and O–H groups in total. The molecule has 2 amide bonds. The Hall–Kier alpha value is -4.53. The lowest BCUT2D eigenvalue weighted by atomic mass is 9.87. The van der Waals surface area contributed by atoms with Gasteiger partial charge in [0.05, 0.1) is 34.8 Å². The maximum absolute atomic E-state index is 13.9. The summed E-state index contributed by atoms with van der Waals surface area (Å²) in [5, 5.41) is 11.4. The van der Waals surface area contributed by atoms with E-state index in [0.29, 0.717) is 5.56 Å². The van der Waals surface area contributed by atoms with Crippen LogP contribution in [-0.4, -0.2) is 34.6 Å². The molecule has 6 rings (SSSR count). The van der Waals surface area contributed by atoms with E-state index in [-0.39, 0.29) is 17.1 Å². The Kier molecular flexibility index (Phi) is 4.50. The molecule has 4 unspecified atom stereocenters. The Balaban J connectivity index is 1.50. The van der Waals surface area contributed by atoms with Crippen LogP contribution in [0.25, 0.3) is 6.08 Å². The highest BCUT2D eigenvalue weighted by Crippen LogP contribution is 2.50. The molecule has 3 aromatic rings. The number of furan rings is 1. The molecule has 35 heavy (non-hydrogen) atoms. The molecule has 0 spiro atoms. The minimum atomic E-state index is -0.973. The number of para-hydroxylation sites is 1. The van der Waals surface area contributed by atoms with Gasteiger partial charge in [-0.05, 0) is 36.2 Å². The van der Waals surface area contributed by atoms with Crippen LogP contribution >= 0.6 is 0 Å². The molecule has 0 saturated carbocycles. The Morgan fingerprint density at radius 2 is 1.77 bits per heavy atom. The summed E-state index contributed by atoms with van der Waals surface area (Å²) >= 11 is 0. The summed E-state index contributed by atoms with van der Waals surface area (Å²) in [7, 11) is 0. The number of ketones is 1. The number of nitro groups is 1. The van der Waals surface area contributed by atoms with Crippen molar-refractivity contribution in [1.82, 2.24) is 0 Å². The standard InChI is InChI=1S/C26H19N3O6/c1-14-8-10-16(29(33)34)13-19(14)28-25(31)21-18-11-9-15-5-2-3-6-17(15)27(18)23(22(21)26(28)32)24(30)20-7-4-12-35-20/h2-13,18,21-23H,1H3. The molecule has 0 aliphatic carbocycles. The lowest BCUT2D eigenvalue weighted by Gasteiger charge is -2.36. The predicted molar refractivity (Wildman–Crippen MR) is 126 cm³/mol. The second-order valence-electron chi connectivity index (χ2n) is 8.89. The summed E-state index contributed by atoms with van der Waals surface area (Å²) in [6.45, 7) is 1.68. The van der Waals surface area contributed by atoms with Crippen LogP contribution in [0.1, 0.15) is 21.7 Å². The molecule has 2 fully saturated rings. The van der Waals surface area contributed by atoms with Crippen LogP contribution in [-0.2, 0) is 9.59 Å². The van der Waals surface area contributed by atoms with Crippen molar-refractivity contribution < 1.29 is 23.7 Å². The fourth-order valence-corrected chi connectivity index (χ4v) is 5.57. The van der Waals surface area contributed by atoms with Crippen molar-refractivity contribution in [1.29, 1.82) is 0 Å². The van der Waals surface area contributed by atoms with E-state index in [1.165, 1.54) is 24.5 Å². The van der Waals surface area contributed by atoms with Crippen molar-refractivity contribution in [2.24, 2.45) is 11.8 Å². The molecule has 0 bridgehead atoms. The molecule has 9 nitrogen and oxygen atoms in total. The van der Waals surface area contributed by atoms with Crippen molar-refractivity contribution in [2.75, 3.05) is 9.80 Å². The van der Waals surface area contributed by atoms with Crippen molar-refractivity contribution in [3.8, 4) is 0 Å². The summed E-state index contributed by atoms with van der Waals surface area (Å²) in [4.78, 5) is 55.0. The van der Waals surface area contributed by atoms with Crippen LogP contribution in [0.4, 0.5) is 17.1 Å². The topological polar surface area (TPSA) is 114 Å². The van der Waals surface area contributed by atoms with Crippen LogP contribution in [0.3, 0.4) is 0 Å². The normalized spacial score (nSPS) is 24.4. The summed E-state index contributed by atoms with van der Waals surface area (Å²) in [5.41, 5.74) is 2.14. The Morgan fingerprint density at radius 1 is 1.00 bits per heavy atom. The smallest absolute Gasteiger partial charge is 0.271 e. The van der Waals surface area contributed by atoms with Gasteiger partial charge in [-0.1, -0.05) is 36.4 Å². The molecular formula is C26H19N3O6. The summed E-state index contributed by atoms with van der Waals surface area (Å²) < 4.78 is 5.38. The van der Waals surface area contributed by atoms with E-state index < -0.39 is 46.4 Å². The first kappa shape index (κ1) is 21.0. The fraction of sp³-hybridized carbons (Fsp3) is 0.192. The van der Waals surface area contributed by atoms with Crippen LogP contribution in [0, 0.1) is 28.9 Å². The zero-order valence-corrected chi connectivity index (χ0v) is 18.5. The molecule has 4 atom stereocenters. The fourth-order valence-electron chi connectivity index (χ4n) is 5.57. The van der Waals surface area contributed by atoms with Gasteiger partial charge in [0.2, 0.25) is 17.6 Å². The van der Waals surface area contributed by atoms with Crippen LogP contribution in [0.5, 0.6) is 0 Å². The molecule has 3 aliphatic rings. The van der Waals surface area contributed by atoms with Gasteiger partial charge in [0.25, 0.3) is 5.69 Å². The van der Waals surface area contributed by atoms with E-state index in [2.05, 4.69) is 0 Å². The second-order valence-corrected chi connectivity index (χ2v) is 8.89. The van der Waals surface area contributed by atoms with E-state index in [4.69, 9.17) is 4.42 Å². The first-order chi connectivity index (χ1) is 16.9. The van der Waals surface area contributed by atoms with E-state index >= 15 is 0 Å². The van der Waals surface area contributed by atoms with Crippen LogP contribution < -0.4 is 9.80 Å². The Labute approximate surface area is 199 Å². The molecule has 4 heterocycles. The number of carbonyl (C=O) groups is 3. The number of imide groups is 1. The molecule has 174 valence electrons. The minimum absolute atomic E-state index is 0.103. The first-order valence-corrected chi connectivity index (χ1v) is 11.1. The Morgan fingerprint density at radius 3 is 2.51 bits per heavy atom. The Bertz CT molecular complexity index is 1440. The number of fused-ring (bicyclic) bond motifs is 5. The highest BCUT2D eigenvalue weighted by atomic mass is 16.6. The predicted octanol–water partition coefficient (Wildman–Crippen LogP) is 3.77. The van der Waals surface area contributed by atoms with E-state index in [1.807, 2.05) is 41.3 Å². The van der Waals surface area contributed by atoms with Gasteiger partial charge >= 0.3 is 0 Å². The number of Topliss-reactive ketones (excluding diaryl/α,β-unsaturated/α-hetero) is 1. The lowest BCUT2D eigenvalue weighted by Crippen LogP contribution is -2.48. The van der Waals surface area contributed by atoms with Crippen LogP contribution in [0.2, 0.25) is 0 Å². The quantitative estimate of drug-likeness (QED) is 0.247. The van der Waals surface area contributed by atoms with Crippen molar-refractivity contribution in [2.45, 2.75) is 19.0 Å². The summed E-state index contributed by atoms with van der Waals surface area (Å²) in [6.07, 6.45) is 5.14. The number of hydrogen-bond donors (Lipinski definition) is 0. The minimum Gasteiger partial charge on any atom is -0.461 e. The van der Waals surface area contributed by atoms with Crippen molar-refractivity contribution >= 4 is 40.7 Å². The third kappa shape index (κ3) is 2.91. The first-order valence-electron chi connectivity index (χ1n) is 11.1. The lowest BCUT2D eigenvalue weighted by molar-refractivity contribution is -0.384. The van der Waals surface area contributed by atoms with Crippen molar-refractivity contribution in [3.63, 3.8) is 0 Å². The highest BCUT2D eigenvalue weighted by molar-refractivity contribution is 6.25. The number of non-ortho nitro benzene ring substituents is 1. The van der Waals surface area contributed by atoms with Crippen molar-refractivity contribution in [3.05, 3.63) is 93.9 Å². The molecule has 2 aromatic carbocycles. The SMILES string of the molecule is Cc1ccc([N+](=O)[O-])cc1N1C(=O)C2C(C1=O)C(C(=O)c1ccco1)N1c3ccccc3C=CC21. The van der Waals surface area contributed by atoms with Crippen LogP contribution in [0.15, 0.2) is 71.4 Å². The van der Waals surface area contributed by atoms with E-state index in [0.717, 1.165) is 16.2 Å².